The highest BCUT2D eigenvalue weighted by Crippen LogP contribution is 2.39. The normalized spacial score (nSPS) is 14.5. The van der Waals surface area contributed by atoms with Crippen molar-refractivity contribution in [1.82, 2.24) is 9.78 Å². The van der Waals surface area contributed by atoms with Gasteiger partial charge in [0.1, 0.15) is 23.3 Å². The molecule has 1 atom stereocenters. The Morgan fingerprint density at radius 3 is 2.61 bits per heavy atom. The van der Waals surface area contributed by atoms with Crippen molar-refractivity contribution in [2.45, 2.75) is 19.1 Å². The maximum Gasteiger partial charge on any atom is 0.292 e. The molecule has 4 rings (SSSR count). The monoisotopic (exact) mass is 451 g/mol. The number of nitro groups is 1. The molecule has 0 aliphatic carbocycles. The number of hydrogen-bond acceptors (Lipinski definition) is 7. The lowest BCUT2D eigenvalue weighted by atomic mass is 10.1. The van der Waals surface area contributed by atoms with Crippen molar-refractivity contribution in [3.63, 3.8) is 0 Å². The summed E-state index contributed by atoms with van der Waals surface area (Å²) >= 11 is 0. The summed E-state index contributed by atoms with van der Waals surface area (Å²) in [6.45, 7) is 0.201. The van der Waals surface area contributed by atoms with Crippen molar-refractivity contribution in [1.29, 1.82) is 0 Å². The van der Waals surface area contributed by atoms with E-state index in [0.717, 1.165) is 5.56 Å². The standard InChI is InChI=1S/C22H21N5O6/c1-32-12-16-20(13-7-9-14(33-2)10-8-13)21-24-22(29)18(26(21)25-16)11-19(28)23-15-5-3-4-6-17(15)27(30)31/h3-10,18H,11-12H2,1-2H3,(H,23,28)(H,24,29). The highest BCUT2D eigenvalue weighted by molar-refractivity contribution is 6.04. The van der Waals surface area contributed by atoms with E-state index >= 15 is 0 Å². The van der Waals surface area contributed by atoms with Crippen molar-refractivity contribution in [3.8, 4) is 16.9 Å². The van der Waals surface area contributed by atoms with E-state index in [1.54, 1.807) is 32.4 Å². The largest absolute Gasteiger partial charge is 0.497 e. The summed E-state index contributed by atoms with van der Waals surface area (Å²) in [5.74, 6) is 0.200. The van der Waals surface area contributed by atoms with Crippen molar-refractivity contribution in [2.75, 3.05) is 24.9 Å². The zero-order chi connectivity index (χ0) is 23.5. The molecule has 1 aromatic heterocycles. The maximum absolute atomic E-state index is 12.7. The Hall–Kier alpha value is -4.25. The number of fused-ring (bicyclic) bond motifs is 1. The lowest BCUT2D eigenvalue weighted by Gasteiger charge is -2.10. The number of nitrogens with one attached hydrogen (secondary N) is 2. The van der Waals surface area contributed by atoms with Crippen molar-refractivity contribution in [3.05, 3.63) is 64.3 Å². The number of carbonyl (C=O) groups excluding carboxylic acids is 2. The second-order valence-corrected chi connectivity index (χ2v) is 7.31. The smallest absolute Gasteiger partial charge is 0.292 e. The molecule has 2 N–H and O–H groups in total. The number of hydrogen-bond donors (Lipinski definition) is 2. The number of nitrogens with zero attached hydrogens (tertiary/aromatic N) is 3. The Labute approximate surface area is 188 Å². The van der Waals surface area contributed by atoms with Crippen LogP contribution in [0.5, 0.6) is 5.75 Å². The molecule has 1 aliphatic heterocycles. The molecule has 0 saturated carbocycles. The average Bonchev–Trinajstić information content (AvgIpc) is 3.29. The number of benzene rings is 2. The first-order chi connectivity index (χ1) is 15.9. The first kappa shape index (κ1) is 22.0. The number of rotatable bonds is 8. The second kappa shape index (κ2) is 9.09. The molecule has 1 aliphatic rings. The van der Waals surface area contributed by atoms with E-state index in [1.165, 1.54) is 22.9 Å². The fourth-order valence-electron chi connectivity index (χ4n) is 3.73. The van der Waals surface area contributed by atoms with E-state index in [4.69, 9.17) is 9.47 Å². The number of anilines is 2. The highest BCUT2D eigenvalue weighted by Gasteiger charge is 2.37. The third-order valence-electron chi connectivity index (χ3n) is 5.24. The van der Waals surface area contributed by atoms with Gasteiger partial charge in [0, 0.05) is 18.7 Å². The van der Waals surface area contributed by atoms with Crippen molar-refractivity contribution in [2.24, 2.45) is 0 Å². The highest BCUT2D eigenvalue weighted by atomic mass is 16.6. The molecular formula is C22H21N5O6. The number of nitro benzene ring substituents is 1. The van der Waals surface area contributed by atoms with Gasteiger partial charge in [0.25, 0.3) is 11.6 Å². The molecule has 0 saturated heterocycles. The SMILES string of the molecule is COCc1nn2c(c1-c1ccc(OC)cc1)NC(=O)C2CC(=O)Nc1ccccc1[N+](=O)[O-]. The van der Waals surface area contributed by atoms with E-state index in [1.807, 2.05) is 12.1 Å². The summed E-state index contributed by atoms with van der Waals surface area (Å²) in [5.41, 5.74) is 1.92. The van der Waals surface area contributed by atoms with Crippen LogP contribution in [0, 0.1) is 10.1 Å². The molecule has 3 aromatic rings. The van der Waals surface area contributed by atoms with Gasteiger partial charge in [0.05, 0.1) is 30.8 Å². The van der Waals surface area contributed by atoms with Crippen molar-refractivity contribution < 1.29 is 24.0 Å². The number of methoxy groups -OCH3 is 2. The Kier molecular flexibility index (Phi) is 6.05. The van der Waals surface area contributed by atoms with Gasteiger partial charge in [0.2, 0.25) is 5.91 Å². The topological polar surface area (TPSA) is 138 Å². The van der Waals surface area contributed by atoms with Crippen LogP contribution in [0.2, 0.25) is 0 Å². The summed E-state index contributed by atoms with van der Waals surface area (Å²) in [6, 6.07) is 12.2. The summed E-state index contributed by atoms with van der Waals surface area (Å²) in [6.07, 6.45) is -0.249. The predicted octanol–water partition coefficient (Wildman–Crippen LogP) is 3.14. The third-order valence-corrected chi connectivity index (χ3v) is 5.24. The Bertz CT molecular complexity index is 1220. The Balaban J connectivity index is 1.62. The van der Waals surface area contributed by atoms with Gasteiger partial charge in [-0.1, -0.05) is 24.3 Å². The first-order valence-corrected chi connectivity index (χ1v) is 10.0. The first-order valence-electron chi connectivity index (χ1n) is 10.0. The van der Waals surface area contributed by atoms with Gasteiger partial charge in [-0.05, 0) is 23.8 Å². The molecule has 0 fully saturated rings. The molecule has 2 amide bonds. The lowest BCUT2D eigenvalue weighted by molar-refractivity contribution is -0.383. The Morgan fingerprint density at radius 2 is 1.94 bits per heavy atom. The van der Waals surface area contributed by atoms with Gasteiger partial charge in [-0.25, -0.2) is 4.68 Å². The molecule has 170 valence electrons. The van der Waals surface area contributed by atoms with Crippen LogP contribution in [0.3, 0.4) is 0 Å². The number of aromatic nitrogens is 2. The fraction of sp³-hybridized carbons (Fsp3) is 0.227. The molecule has 11 nitrogen and oxygen atoms in total. The molecule has 0 bridgehead atoms. The summed E-state index contributed by atoms with van der Waals surface area (Å²) in [5, 5.41) is 21.1. The van der Waals surface area contributed by atoms with Crippen LogP contribution in [-0.2, 0) is 20.9 Å². The lowest BCUT2D eigenvalue weighted by Crippen LogP contribution is -2.24. The van der Waals surface area contributed by atoms with Crippen molar-refractivity contribution >= 4 is 29.0 Å². The predicted molar refractivity (Wildman–Crippen MR) is 119 cm³/mol. The van der Waals surface area contributed by atoms with Gasteiger partial charge in [-0.15, -0.1) is 0 Å². The molecule has 2 aromatic carbocycles. The van der Waals surface area contributed by atoms with Gasteiger partial charge >= 0.3 is 0 Å². The van der Waals surface area contributed by atoms with Gasteiger partial charge in [-0.3, -0.25) is 19.7 Å². The Morgan fingerprint density at radius 1 is 1.21 bits per heavy atom. The van der Waals surface area contributed by atoms with Crippen LogP contribution >= 0.6 is 0 Å². The maximum atomic E-state index is 12.7. The molecule has 0 spiro atoms. The number of amides is 2. The minimum atomic E-state index is -0.912. The van der Waals surface area contributed by atoms with Gasteiger partial charge in [0.15, 0.2) is 0 Å². The van der Waals surface area contributed by atoms with E-state index in [9.17, 15) is 19.7 Å². The fourth-order valence-corrected chi connectivity index (χ4v) is 3.73. The summed E-state index contributed by atoms with van der Waals surface area (Å²) < 4.78 is 11.9. The van der Waals surface area contributed by atoms with Crippen LogP contribution in [-0.4, -0.2) is 40.7 Å². The quantitative estimate of drug-likeness (QED) is 0.396. The number of para-hydroxylation sites is 2. The zero-order valence-electron chi connectivity index (χ0n) is 17.9. The minimum Gasteiger partial charge on any atom is -0.497 e. The molecule has 0 radical (unpaired) electrons. The zero-order valence-corrected chi connectivity index (χ0v) is 17.9. The molecular weight excluding hydrogens is 430 g/mol. The van der Waals surface area contributed by atoms with E-state index in [0.29, 0.717) is 22.8 Å². The molecule has 33 heavy (non-hydrogen) atoms. The number of carbonyl (C=O) groups is 2. The molecule has 1 unspecified atom stereocenters. The summed E-state index contributed by atoms with van der Waals surface area (Å²) in [7, 11) is 3.11. The van der Waals surface area contributed by atoms with Gasteiger partial charge < -0.3 is 20.1 Å². The van der Waals surface area contributed by atoms with E-state index < -0.39 is 22.8 Å². The second-order valence-electron chi connectivity index (χ2n) is 7.31. The molecule has 11 heteroatoms. The summed E-state index contributed by atoms with van der Waals surface area (Å²) in [4.78, 5) is 36.0. The van der Waals surface area contributed by atoms with Gasteiger partial charge in [-0.2, -0.15) is 5.10 Å². The minimum absolute atomic E-state index is 0.0607. The average molecular weight is 451 g/mol. The van der Waals surface area contributed by atoms with Crippen LogP contribution in [0.25, 0.3) is 11.1 Å². The number of ether oxygens (including phenoxy) is 2. The van der Waals surface area contributed by atoms with Crippen LogP contribution < -0.4 is 15.4 Å². The van der Waals surface area contributed by atoms with Crippen LogP contribution in [0.4, 0.5) is 17.2 Å². The van der Waals surface area contributed by atoms with Crippen LogP contribution in [0.15, 0.2) is 48.5 Å². The van der Waals surface area contributed by atoms with E-state index in [2.05, 4.69) is 15.7 Å². The third kappa shape index (κ3) is 4.26. The molecule has 2 heterocycles. The van der Waals surface area contributed by atoms with E-state index in [-0.39, 0.29) is 24.4 Å². The van der Waals surface area contributed by atoms with Crippen LogP contribution in [0.1, 0.15) is 18.2 Å².